The van der Waals surface area contributed by atoms with Gasteiger partial charge in [0.25, 0.3) is 0 Å². The second-order valence-corrected chi connectivity index (χ2v) is 16.2. The van der Waals surface area contributed by atoms with Crippen LogP contribution in [0.25, 0.3) is 143 Å². The first-order valence-corrected chi connectivity index (χ1v) is 20.4. The molecule has 0 aliphatic heterocycles. The molecule has 0 heteroatoms. The zero-order chi connectivity index (χ0) is 37.6. The van der Waals surface area contributed by atoms with Crippen LogP contribution in [0.1, 0.15) is 0 Å². The van der Waals surface area contributed by atoms with Crippen LogP contribution in [0.3, 0.4) is 0 Å². The third kappa shape index (κ3) is 3.80. The van der Waals surface area contributed by atoms with E-state index in [4.69, 9.17) is 0 Å². The molecule has 0 amide bonds. The highest BCUT2D eigenvalue weighted by Gasteiger charge is 2.34. The Morgan fingerprint density at radius 2 is 0.638 bits per heavy atom. The zero-order valence-electron chi connectivity index (χ0n) is 31.5. The first kappa shape index (κ1) is 30.7. The lowest BCUT2D eigenvalue weighted by molar-refractivity contribution is 1.62. The quantitative estimate of drug-likeness (QED) is 0.126. The van der Waals surface area contributed by atoms with Gasteiger partial charge < -0.3 is 0 Å². The van der Waals surface area contributed by atoms with E-state index < -0.39 is 0 Å². The van der Waals surface area contributed by atoms with Crippen LogP contribution in [0.5, 0.6) is 0 Å². The molecule has 2 aliphatic rings. The van der Waals surface area contributed by atoms with Crippen molar-refractivity contribution in [1.82, 2.24) is 0 Å². The summed E-state index contributed by atoms with van der Waals surface area (Å²) in [6.45, 7) is 0. The summed E-state index contributed by atoms with van der Waals surface area (Å²) in [7, 11) is 0. The van der Waals surface area contributed by atoms with Gasteiger partial charge in [0.05, 0.1) is 0 Å². The van der Waals surface area contributed by atoms with E-state index in [0.29, 0.717) is 0 Å². The summed E-state index contributed by atoms with van der Waals surface area (Å²) in [4.78, 5) is 0. The molecule has 12 aromatic carbocycles. The molecule has 0 unspecified atom stereocenters. The van der Waals surface area contributed by atoms with E-state index in [9.17, 15) is 0 Å². The van der Waals surface area contributed by atoms with Crippen molar-refractivity contribution in [2.45, 2.75) is 0 Å². The largest absolute Gasteiger partial charge is 0.0622 e. The highest BCUT2D eigenvalue weighted by atomic mass is 14.4. The van der Waals surface area contributed by atoms with Crippen LogP contribution >= 0.6 is 0 Å². The van der Waals surface area contributed by atoms with E-state index in [1.807, 2.05) is 0 Å². The topological polar surface area (TPSA) is 0 Å². The molecular weight excluding hydrogens is 697 g/mol. The molecule has 0 N–H and O–H groups in total. The third-order valence-electron chi connectivity index (χ3n) is 13.5. The zero-order valence-corrected chi connectivity index (χ0v) is 31.5. The lowest BCUT2D eigenvalue weighted by Gasteiger charge is -2.20. The fourth-order valence-electron chi connectivity index (χ4n) is 11.2. The van der Waals surface area contributed by atoms with E-state index in [1.54, 1.807) is 0 Å². The Morgan fingerprint density at radius 1 is 0.190 bits per heavy atom. The second-order valence-electron chi connectivity index (χ2n) is 16.2. The maximum atomic E-state index is 2.47. The van der Waals surface area contributed by atoms with Crippen molar-refractivity contribution in [3.63, 3.8) is 0 Å². The number of rotatable bonds is 3. The Kier molecular flexibility index (Phi) is 5.85. The SMILES string of the molecule is c1ccc(-c2c3c(c(-c4ccccc4)c4ccccc24)-c2ccc4c5c(ccc-3c25)-c2ccc(-c3ccc5c6cccc7cccc(c8cccc3c85)c76)cc2-4)cc1. The van der Waals surface area contributed by atoms with Gasteiger partial charge >= 0.3 is 0 Å². The van der Waals surface area contributed by atoms with Gasteiger partial charge in [-0.3, -0.25) is 0 Å². The van der Waals surface area contributed by atoms with Crippen LogP contribution in [0.15, 0.2) is 194 Å². The Morgan fingerprint density at radius 3 is 1.28 bits per heavy atom. The van der Waals surface area contributed by atoms with Gasteiger partial charge in [-0.05, 0) is 149 Å². The molecule has 0 saturated heterocycles. The van der Waals surface area contributed by atoms with Gasteiger partial charge in [-0.15, -0.1) is 0 Å². The van der Waals surface area contributed by atoms with Crippen molar-refractivity contribution in [3.05, 3.63) is 194 Å². The molecule has 0 heterocycles. The van der Waals surface area contributed by atoms with E-state index in [-0.39, 0.29) is 0 Å². The molecular formula is C58H32. The summed E-state index contributed by atoms with van der Waals surface area (Å²) in [6, 6.07) is 73.0. The minimum absolute atomic E-state index is 1.25. The first-order chi connectivity index (χ1) is 28.8. The third-order valence-corrected chi connectivity index (χ3v) is 13.5. The average Bonchev–Trinajstić information content (AvgIpc) is 3.79. The molecule has 0 fully saturated rings. The van der Waals surface area contributed by atoms with Gasteiger partial charge in [0.15, 0.2) is 0 Å². The van der Waals surface area contributed by atoms with Gasteiger partial charge in [-0.1, -0.05) is 188 Å². The summed E-state index contributed by atoms with van der Waals surface area (Å²) >= 11 is 0. The van der Waals surface area contributed by atoms with Crippen molar-refractivity contribution in [3.8, 4) is 77.9 Å². The molecule has 0 atom stereocenters. The van der Waals surface area contributed by atoms with Crippen LogP contribution in [0.2, 0.25) is 0 Å². The van der Waals surface area contributed by atoms with E-state index in [0.717, 1.165) is 0 Å². The standard InChI is InChI=1S/C58H32/c1-3-12-34(13-4-1)52-42-18-7-8-19-43(42)53(35-14-5-2-6-15-35)58-49-31-29-47-50-32-36(24-25-38(50)45-28-30-48(57(52)58)56(49)55(45)47)37-26-27-46-41-21-10-17-33-16-9-20-40(51(33)41)44-23-11-22-39(37)54(44)46/h1-32H. The summed E-state index contributed by atoms with van der Waals surface area (Å²) in [5.74, 6) is 0. The summed E-state index contributed by atoms with van der Waals surface area (Å²) in [6.07, 6.45) is 0. The predicted octanol–water partition coefficient (Wildman–Crippen LogP) is 16.3. The minimum Gasteiger partial charge on any atom is -0.0622 e. The van der Waals surface area contributed by atoms with Crippen LogP contribution in [0, 0.1) is 0 Å². The molecule has 0 spiro atoms. The number of benzene rings is 12. The molecule has 264 valence electrons. The molecule has 0 aromatic heterocycles. The number of hydrogen-bond acceptors (Lipinski definition) is 0. The number of fused-ring (bicyclic) bond motifs is 9. The fourth-order valence-corrected chi connectivity index (χ4v) is 11.2. The molecule has 14 rings (SSSR count). The van der Waals surface area contributed by atoms with E-state index >= 15 is 0 Å². The predicted molar refractivity (Wildman–Crippen MR) is 248 cm³/mol. The van der Waals surface area contributed by atoms with Crippen LogP contribution < -0.4 is 0 Å². The van der Waals surface area contributed by atoms with Crippen LogP contribution in [0.4, 0.5) is 0 Å². The van der Waals surface area contributed by atoms with Gasteiger partial charge in [0.1, 0.15) is 0 Å². The lowest BCUT2D eigenvalue weighted by Crippen LogP contribution is -1.93. The van der Waals surface area contributed by atoms with Crippen LogP contribution in [-0.4, -0.2) is 0 Å². The summed E-state index contributed by atoms with van der Waals surface area (Å²) in [5.41, 5.74) is 18.3. The first-order valence-electron chi connectivity index (χ1n) is 20.4. The molecule has 2 aliphatic carbocycles. The maximum absolute atomic E-state index is 2.47. The Balaban J connectivity index is 1.02. The van der Waals surface area contributed by atoms with Gasteiger partial charge in [-0.2, -0.15) is 0 Å². The summed E-state index contributed by atoms with van der Waals surface area (Å²) in [5, 5.41) is 16.0. The Labute approximate surface area is 335 Å². The molecule has 58 heavy (non-hydrogen) atoms. The maximum Gasteiger partial charge on any atom is -0.000740 e. The monoisotopic (exact) mass is 728 g/mol. The molecule has 0 saturated carbocycles. The van der Waals surface area contributed by atoms with E-state index in [1.165, 1.54) is 143 Å². The van der Waals surface area contributed by atoms with Gasteiger partial charge in [0.2, 0.25) is 0 Å². The van der Waals surface area contributed by atoms with Crippen molar-refractivity contribution in [2.24, 2.45) is 0 Å². The molecule has 12 aromatic rings. The average molecular weight is 729 g/mol. The molecule has 0 nitrogen and oxygen atoms in total. The van der Waals surface area contributed by atoms with Gasteiger partial charge in [0, 0.05) is 0 Å². The Bertz CT molecular complexity index is 3610. The lowest BCUT2D eigenvalue weighted by atomic mass is 9.82. The smallest absolute Gasteiger partial charge is 0.000740 e. The molecule has 0 radical (unpaired) electrons. The number of hydrogen-bond donors (Lipinski definition) is 0. The Hall–Kier alpha value is -7.54. The van der Waals surface area contributed by atoms with Crippen molar-refractivity contribution >= 4 is 64.6 Å². The molecule has 0 bridgehead atoms. The van der Waals surface area contributed by atoms with E-state index in [2.05, 4.69) is 194 Å². The summed E-state index contributed by atoms with van der Waals surface area (Å²) < 4.78 is 0. The van der Waals surface area contributed by atoms with Crippen molar-refractivity contribution in [1.29, 1.82) is 0 Å². The normalized spacial score (nSPS) is 12.5. The van der Waals surface area contributed by atoms with Crippen molar-refractivity contribution in [2.75, 3.05) is 0 Å². The second kappa shape index (κ2) is 11.1. The van der Waals surface area contributed by atoms with Gasteiger partial charge in [-0.25, -0.2) is 0 Å². The van der Waals surface area contributed by atoms with Crippen molar-refractivity contribution < 1.29 is 0 Å². The highest BCUT2D eigenvalue weighted by molar-refractivity contribution is 6.35. The minimum atomic E-state index is 1.25. The highest BCUT2D eigenvalue weighted by Crippen LogP contribution is 2.61. The fraction of sp³-hybridized carbons (Fsp3) is 0. The van der Waals surface area contributed by atoms with Crippen LogP contribution in [-0.2, 0) is 0 Å².